The van der Waals surface area contributed by atoms with Gasteiger partial charge in [-0.05, 0) is 56.0 Å². The van der Waals surface area contributed by atoms with Crippen LogP contribution in [0.1, 0.15) is 16.0 Å². The van der Waals surface area contributed by atoms with Crippen LogP contribution < -0.4 is 0 Å². The van der Waals surface area contributed by atoms with Gasteiger partial charge in [0.2, 0.25) is 0 Å². The predicted octanol–water partition coefficient (Wildman–Crippen LogP) is 6.43. The van der Waals surface area contributed by atoms with Crippen molar-refractivity contribution >= 4 is 53.3 Å². The quantitative estimate of drug-likeness (QED) is 0.421. The molecule has 1 atom stereocenters. The fraction of sp³-hybridized carbons (Fsp3) is 0.0667. The molecule has 0 fully saturated rings. The molecular weight excluding hydrogens is 410 g/mol. The maximum absolute atomic E-state index is 13.3. The van der Waals surface area contributed by atoms with Crippen molar-refractivity contribution < 1.29 is 8.78 Å². The molecule has 0 bridgehead atoms. The van der Waals surface area contributed by atoms with Crippen molar-refractivity contribution in [3.8, 4) is 0 Å². The van der Waals surface area contributed by atoms with Crippen molar-refractivity contribution in [1.29, 1.82) is 0 Å². The van der Waals surface area contributed by atoms with E-state index in [9.17, 15) is 8.78 Å². The molecule has 5 heteroatoms. The highest BCUT2D eigenvalue weighted by Crippen LogP contribution is 2.41. The van der Waals surface area contributed by atoms with Gasteiger partial charge in [0.25, 0.3) is 0 Å². The number of fused-ring (bicyclic) bond motifs is 1. The molecule has 0 aliphatic carbocycles. The van der Waals surface area contributed by atoms with Crippen molar-refractivity contribution in [3.05, 3.63) is 69.0 Å². The van der Waals surface area contributed by atoms with Crippen LogP contribution in [0.2, 0.25) is 0 Å². The van der Waals surface area contributed by atoms with E-state index in [2.05, 4.69) is 31.9 Å². The molecule has 102 valence electrons. The number of hydrogen-bond donors (Lipinski definition) is 0. The maximum Gasteiger partial charge on any atom is 0.126 e. The molecule has 0 aliphatic heterocycles. The Kier molecular flexibility index (Phi) is 3.93. The lowest BCUT2D eigenvalue weighted by molar-refractivity contribution is 0.580. The smallest absolute Gasteiger partial charge is 0.126 e. The maximum atomic E-state index is 13.3. The Bertz CT molecular complexity index is 762. The van der Waals surface area contributed by atoms with E-state index in [4.69, 9.17) is 0 Å². The van der Waals surface area contributed by atoms with Crippen LogP contribution in [0.3, 0.4) is 0 Å². The van der Waals surface area contributed by atoms with Crippen molar-refractivity contribution in [2.24, 2.45) is 0 Å². The zero-order chi connectivity index (χ0) is 14.3. The summed E-state index contributed by atoms with van der Waals surface area (Å²) < 4.78 is 28.8. The summed E-state index contributed by atoms with van der Waals surface area (Å²) in [7, 11) is 0. The fourth-order valence-corrected chi connectivity index (χ4v) is 4.61. The Balaban J connectivity index is 2.13. The van der Waals surface area contributed by atoms with Crippen LogP contribution in [0.25, 0.3) is 10.1 Å². The van der Waals surface area contributed by atoms with Gasteiger partial charge in [0, 0.05) is 15.2 Å². The van der Waals surface area contributed by atoms with Gasteiger partial charge in [0.1, 0.15) is 11.6 Å². The zero-order valence-corrected chi connectivity index (χ0v) is 14.0. The third-order valence-corrected chi connectivity index (χ3v) is 6.02. The first-order valence-electron chi connectivity index (χ1n) is 5.82. The third kappa shape index (κ3) is 2.54. The molecular formula is C15H8Br2F2S. The minimum atomic E-state index is -0.565. The Morgan fingerprint density at radius 1 is 1.05 bits per heavy atom. The van der Waals surface area contributed by atoms with Crippen molar-refractivity contribution in [3.63, 3.8) is 0 Å². The van der Waals surface area contributed by atoms with Gasteiger partial charge in [-0.1, -0.05) is 28.1 Å². The Hall–Kier alpha value is -0.780. The Morgan fingerprint density at radius 3 is 2.45 bits per heavy atom. The number of rotatable bonds is 2. The van der Waals surface area contributed by atoms with Crippen LogP contribution in [0.15, 0.2) is 46.3 Å². The first-order chi connectivity index (χ1) is 9.56. The lowest BCUT2D eigenvalue weighted by Gasteiger charge is -2.10. The summed E-state index contributed by atoms with van der Waals surface area (Å²) in [5.74, 6) is -1.13. The summed E-state index contributed by atoms with van der Waals surface area (Å²) in [4.78, 5) is -0.240. The number of alkyl halides is 1. The van der Waals surface area contributed by atoms with E-state index < -0.39 is 11.6 Å². The second-order valence-electron chi connectivity index (χ2n) is 4.37. The molecule has 0 saturated carbocycles. The molecule has 0 aliphatic rings. The van der Waals surface area contributed by atoms with Gasteiger partial charge >= 0.3 is 0 Å². The van der Waals surface area contributed by atoms with Crippen molar-refractivity contribution in [2.45, 2.75) is 4.83 Å². The number of halogens is 4. The molecule has 1 heterocycles. The summed E-state index contributed by atoms with van der Waals surface area (Å²) in [6, 6.07) is 9.53. The van der Waals surface area contributed by atoms with E-state index in [0.29, 0.717) is 5.56 Å². The van der Waals surface area contributed by atoms with Crippen molar-refractivity contribution in [1.82, 2.24) is 0 Å². The normalized spacial score (nSPS) is 12.8. The molecule has 0 amide bonds. The fourth-order valence-electron chi connectivity index (χ4n) is 2.14. The summed E-state index contributed by atoms with van der Waals surface area (Å²) in [5.41, 5.74) is 1.58. The minimum Gasteiger partial charge on any atom is -0.207 e. The first kappa shape index (κ1) is 14.2. The van der Waals surface area contributed by atoms with Gasteiger partial charge in [0.05, 0.1) is 4.83 Å². The van der Waals surface area contributed by atoms with Crippen LogP contribution in [0.4, 0.5) is 8.78 Å². The van der Waals surface area contributed by atoms with Gasteiger partial charge in [0.15, 0.2) is 0 Å². The Morgan fingerprint density at radius 2 is 1.75 bits per heavy atom. The molecule has 0 N–H and O–H groups in total. The molecule has 0 nitrogen and oxygen atoms in total. The second-order valence-corrected chi connectivity index (χ2v) is 7.02. The largest absolute Gasteiger partial charge is 0.207 e. The topological polar surface area (TPSA) is 0 Å². The standard InChI is InChI=1S/C15H8Br2F2S/c16-13-3-1-2-11-12(7-20-15(11)13)14(17)8-4-9(18)6-10(19)5-8/h1-7,14H. The van der Waals surface area contributed by atoms with E-state index >= 15 is 0 Å². The van der Waals surface area contributed by atoms with Crippen LogP contribution in [0, 0.1) is 11.6 Å². The highest BCUT2D eigenvalue weighted by molar-refractivity contribution is 9.10. The lowest BCUT2D eigenvalue weighted by Crippen LogP contribution is -1.94. The van der Waals surface area contributed by atoms with Crippen LogP contribution >= 0.6 is 43.2 Å². The SMILES string of the molecule is Fc1cc(F)cc(C(Br)c2csc3c(Br)cccc23)c1. The van der Waals surface area contributed by atoms with Crippen LogP contribution in [-0.2, 0) is 0 Å². The van der Waals surface area contributed by atoms with E-state index in [1.54, 1.807) is 11.3 Å². The van der Waals surface area contributed by atoms with E-state index in [0.717, 1.165) is 26.2 Å². The molecule has 1 unspecified atom stereocenters. The predicted molar refractivity (Wildman–Crippen MR) is 86.7 cm³/mol. The van der Waals surface area contributed by atoms with E-state index in [1.807, 2.05) is 23.6 Å². The highest BCUT2D eigenvalue weighted by atomic mass is 79.9. The molecule has 20 heavy (non-hydrogen) atoms. The summed E-state index contributed by atoms with van der Waals surface area (Å²) in [6.07, 6.45) is 0. The second kappa shape index (κ2) is 5.54. The molecule has 0 saturated heterocycles. The molecule has 3 aromatic rings. The average molecular weight is 418 g/mol. The van der Waals surface area contributed by atoms with Crippen molar-refractivity contribution in [2.75, 3.05) is 0 Å². The zero-order valence-electron chi connectivity index (χ0n) is 10.0. The third-order valence-electron chi connectivity index (χ3n) is 3.03. The first-order valence-corrected chi connectivity index (χ1v) is 8.41. The minimum absolute atomic E-state index is 0.240. The van der Waals surface area contributed by atoms with Gasteiger partial charge in [-0.25, -0.2) is 8.78 Å². The van der Waals surface area contributed by atoms with E-state index in [-0.39, 0.29) is 4.83 Å². The number of thiophene rings is 1. The van der Waals surface area contributed by atoms with Gasteiger partial charge < -0.3 is 0 Å². The number of hydrogen-bond acceptors (Lipinski definition) is 1. The molecule has 2 aromatic carbocycles. The molecule has 0 radical (unpaired) electrons. The number of benzene rings is 2. The summed E-state index contributed by atoms with van der Waals surface area (Å²) in [5, 5.41) is 3.09. The Labute approximate surface area is 135 Å². The molecule has 0 spiro atoms. The van der Waals surface area contributed by atoms with Gasteiger partial charge in [-0.2, -0.15) is 0 Å². The van der Waals surface area contributed by atoms with Crippen LogP contribution in [-0.4, -0.2) is 0 Å². The van der Waals surface area contributed by atoms with Gasteiger partial charge in [-0.15, -0.1) is 11.3 Å². The van der Waals surface area contributed by atoms with Gasteiger partial charge in [-0.3, -0.25) is 0 Å². The molecule has 3 rings (SSSR count). The molecule has 1 aromatic heterocycles. The monoisotopic (exact) mass is 416 g/mol. The summed E-state index contributed by atoms with van der Waals surface area (Å²) >= 11 is 8.67. The average Bonchev–Trinajstić information content (AvgIpc) is 2.82. The van der Waals surface area contributed by atoms with E-state index in [1.165, 1.54) is 12.1 Å². The highest BCUT2D eigenvalue weighted by Gasteiger charge is 2.17. The van der Waals surface area contributed by atoms with Crippen LogP contribution in [0.5, 0.6) is 0 Å². The lowest BCUT2D eigenvalue weighted by atomic mass is 10.0. The summed E-state index contributed by atoms with van der Waals surface area (Å²) in [6.45, 7) is 0.